The molecular formula is C17H25N3. The van der Waals surface area contributed by atoms with Crippen LogP contribution in [0.1, 0.15) is 48.8 Å². The first kappa shape index (κ1) is 14.8. The summed E-state index contributed by atoms with van der Waals surface area (Å²) in [5.74, 6) is 1.11. The maximum Gasteiger partial charge on any atom is 0.130 e. The molecule has 3 nitrogen and oxygen atoms in total. The Balaban J connectivity index is 2.47. The minimum Gasteiger partial charge on any atom is -0.334 e. The second-order valence-corrected chi connectivity index (χ2v) is 5.26. The number of rotatable bonds is 6. The quantitative estimate of drug-likeness (QED) is 0.870. The van der Waals surface area contributed by atoms with Gasteiger partial charge in [0, 0.05) is 18.9 Å². The van der Waals surface area contributed by atoms with Crippen molar-refractivity contribution in [3.63, 3.8) is 0 Å². The van der Waals surface area contributed by atoms with Gasteiger partial charge in [0.05, 0.1) is 6.04 Å². The molecule has 0 saturated heterocycles. The van der Waals surface area contributed by atoms with Crippen LogP contribution < -0.4 is 5.32 Å². The van der Waals surface area contributed by atoms with E-state index in [1.54, 1.807) is 0 Å². The molecule has 0 radical (unpaired) electrons. The van der Waals surface area contributed by atoms with E-state index in [1.807, 2.05) is 6.20 Å². The maximum absolute atomic E-state index is 4.60. The fourth-order valence-corrected chi connectivity index (χ4v) is 2.74. The van der Waals surface area contributed by atoms with Gasteiger partial charge >= 0.3 is 0 Å². The first-order valence-corrected chi connectivity index (χ1v) is 7.49. The van der Waals surface area contributed by atoms with E-state index in [0.717, 1.165) is 25.3 Å². The van der Waals surface area contributed by atoms with Crippen LogP contribution in [0.3, 0.4) is 0 Å². The zero-order valence-corrected chi connectivity index (χ0v) is 13.0. The highest BCUT2D eigenvalue weighted by atomic mass is 15.1. The third-order valence-corrected chi connectivity index (χ3v) is 3.78. The third kappa shape index (κ3) is 2.93. The lowest BCUT2D eigenvalue weighted by Crippen LogP contribution is -2.27. The second kappa shape index (κ2) is 6.71. The lowest BCUT2D eigenvalue weighted by Gasteiger charge is -2.23. The Kier molecular flexibility index (Phi) is 4.96. The van der Waals surface area contributed by atoms with Crippen molar-refractivity contribution in [2.45, 2.75) is 46.7 Å². The average Bonchev–Trinajstić information content (AvgIpc) is 2.90. The fourth-order valence-electron chi connectivity index (χ4n) is 2.74. The van der Waals surface area contributed by atoms with Crippen LogP contribution in [0.2, 0.25) is 0 Å². The van der Waals surface area contributed by atoms with Crippen LogP contribution >= 0.6 is 0 Å². The zero-order valence-electron chi connectivity index (χ0n) is 13.0. The molecule has 0 spiro atoms. The largest absolute Gasteiger partial charge is 0.334 e. The van der Waals surface area contributed by atoms with Gasteiger partial charge in [-0.3, -0.25) is 0 Å². The predicted octanol–water partition coefficient (Wildman–Crippen LogP) is 3.61. The summed E-state index contributed by atoms with van der Waals surface area (Å²) in [6.07, 6.45) is 5.07. The monoisotopic (exact) mass is 271 g/mol. The SMILES string of the molecule is CCCNC(c1c(C)cccc1C)c1nccn1CC. The predicted molar refractivity (Wildman–Crippen MR) is 84.0 cm³/mol. The van der Waals surface area contributed by atoms with Crippen molar-refractivity contribution >= 4 is 0 Å². The minimum absolute atomic E-state index is 0.172. The van der Waals surface area contributed by atoms with Gasteiger partial charge in [-0.25, -0.2) is 4.98 Å². The van der Waals surface area contributed by atoms with Crippen molar-refractivity contribution in [1.82, 2.24) is 14.9 Å². The van der Waals surface area contributed by atoms with Gasteiger partial charge in [0.15, 0.2) is 0 Å². The second-order valence-electron chi connectivity index (χ2n) is 5.26. The summed E-state index contributed by atoms with van der Waals surface area (Å²) in [6, 6.07) is 6.66. The summed E-state index contributed by atoms with van der Waals surface area (Å²) in [5, 5.41) is 3.66. The van der Waals surface area contributed by atoms with Gasteiger partial charge in [-0.2, -0.15) is 0 Å². The Morgan fingerprint density at radius 1 is 1.20 bits per heavy atom. The van der Waals surface area contributed by atoms with E-state index in [-0.39, 0.29) is 6.04 Å². The Bertz CT molecular complexity index is 537. The molecule has 0 aliphatic rings. The highest BCUT2D eigenvalue weighted by Crippen LogP contribution is 2.27. The fraction of sp³-hybridized carbons (Fsp3) is 0.471. The van der Waals surface area contributed by atoms with Crippen molar-refractivity contribution in [2.24, 2.45) is 0 Å². The molecular weight excluding hydrogens is 246 g/mol. The molecule has 0 saturated carbocycles. The van der Waals surface area contributed by atoms with Crippen molar-refractivity contribution in [3.05, 3.63) is 53.1 Å². The first-order chi connectivity index (χ1) is 9.69. The highest BCUT2D eigenvalue weighted by Gasteiger charge is 2.21. The number of hydrogen-bond donors (Lipinski definition) is 1. The number of imidazole rings is 1. The van der Waals surface area contributed by atoms with Gasteiger partial charge in [0.25, 0.3) is 0 Å². The molecule has 0 aliphatic carbocycles. The minimum atomic E-state index is 0.172. The molecule has 3 heteroatoms. The lowest BCUT2D eigenvalue weighted by molar-refractivity contribution is 0.538. The molecule has 0 aliphatic heterocycles. The van der Waals surface area contributed by atoms with Crippen molar-refractivity contribution in [1.29, 1.82) is 0 Å². The van der Waals surface area contributed by atoms with Gasteiger partial charge in [0.2, 0.25) is 0 Å². The normalized spacial score (nSPS) is 12.6. The molecule has 2 rings (SSSR count). The number of hydrogen-bond acceptors (Lipinski definition) is 2. The van der Waals surface area contributed by atoms with Crippen molar-refractivity contribution < 1.29 is 0 Å². The molecule has 2 aromatic rings. The van der Waals surface area contributed by atoms with Gasteiger partial charge in [-0.1, -0.05) is 25.1 Å². The molecule has 1 heterocycles. The highest BCUT2D eigenvalue weighted by molar-refractivity contribution is 5.39. The molecule has 0 bridgehead atoms. The van der Waals surface area contributed by atoms with Crippen LogP contribution in [-0.4, -0.2) is 16.1 Å². The molecule has 1 aromatic carbocycles. The molecule has 1 aromatic heterocycles. The van der Waals surface area contributed by atoms with E-state index < -0.39 is 0 Å². The molecule has 0 amide bonds. The number of benzene rings is 1. The van der Waals surface area contributed by atoms with Crippen LogP contribution in [-0.2, 0) is 6.54 Å². The zero-order chi connectivity index (χ0) is 14.5. The van der Waals surface area contributed by atoms with Crippen LogP contribution in [0.25, 0.3) is 0 Å². The van der Waals surface area contributed by atoms with Crippen LogP contribution in [0.5, 0.6) is 0 Å². The number of aromatic nitrogens is 2. The number of nitrogens with zero attached hydrogens (tertiary/aromatic N) is 2. The molecule has 1 N–H and O–H groups in total. The average molecular weight is 271 g/mol. The molecule has 20 heavy (non-hydrogen) atoms. The van der Waals surface area contributed by atoms with E-state index in [9.17, 15) is 0 Å². The summed E-state index contributed by atoms with van der Waals surface area (Å²) in [5.41, 5.74) is 4.01. The van der Waals surface area contributed by atoms with Crippen LogP contribution in [0.15, 0.2) is 30.6 Å². The summed E-state index contributed by atoms with van der Waals surface area (Å²) in [7, 11) is 0. The van der Waals surface area contributed by atoms with E-state index >= 15 is 0 Å². The Hall–Kier alpha value is -1.61. The lowest BCUT2D eigenvalue weighted by atomic mass is 9.95. The van der Waals surface area contributed by atoms with Gasteiger partial charge < -0.3 is 9.88 Å². The molecule has 0 fully saturated rings. The van der Waals surface area contributed by atoms with E-state index in [4.69, 9.17) is 0 Å². The molecule has 1 atom stereocenters. The van der Waals surface area contributed by atoms with Crippen LogP contribution in [0, 0.1) is 13.8 Å². The van der Waals surface area contributed by atoms with Gasteiger partial charge in [-0.05, 0) is 50.4 Å². The Labute approximate surface area is 122 Å². The Morgan fingerprint density at radius 3 is 2.50 bits per heavy atom. The smallest absolute Gasteiger partial charge is 0.130 e. The van der Waals surface area contributed by atoms with Crippen LogP contribution in [0.4, 0.5) is 0 Å². The summed E-state index contributed by atoms with van der Waals surface area (Å²) >= 11 is 0. The standard InChI is InChI=1S/C17H25N3/c1-5-10-18-16(17-19-11-12-20(17)6-2)15-13(3)8-7-9-14(15)4/h7-9,11-12,16,18H,5-6,10H2,1-4H3. The summed E-state index contributed by atoms with van der Waals surface area (Å²) in [6.45, 7) is 10.7. The third-order valence-electron chi connectivity index (χ3n) is 3.78. The molecule has 1 unspecified atom stereocenters. The maximum atomic E-state index is 4.60. The van der Waals surface area contributed by atoms with E-state index in [2.05, 4.69) is 67.0 Å². The van der Waals surface area contributed by atoms with E-state index in [1.165, 1.54) is 16.7 Å². The Morgan fingerprint density at radius 2 is 1.90 bits per heavy atom. The molecule has 108 valence electrons. The number of nitrogens with one attached hydrogen (secondary N) is 1. The summed E-state index contributed by atoms with van der Waals surface area (Å²) < 4.78 is 2.22. The van der Waals surface area contributed by atoms with Crippen molar-refractivity contribution in [2.75, 3.05) is 6.54 Å². The summed E-state index contributed by atoms with van der Waals surface area (Å²) in [4.78, 5) is 4.60. The van der Waals surface area contributed by atoms with E-state index in [0.29, 0.717) is 0 Å². The van der Waals surface area contributed by atoms with Gasteiger partial charge in [-0.15, -0.1) is 0 Å². The number of aryl methyl sites for hydroxylation is 3. The van der Waals surface area contributed by atoms with Crippen molar-refractivity contribution in [3.8, 4) is 0 Å². The topological polar surface area (TPSA) is 29.9 Å². The first-order valence-electron chi connectivity index (χ1n) is 7.49. The van der Waals surface area contributed by atoms with Gasteiger partial charge in [0.1, 0.15) is 5.82 Å².